The predicted molar refractivity (Wildman–Crippen MR) is 141 cm³/mol. The maximum atomic E-state index is 12.7. The number of amides is 2. The number of rotatable bonds is 10. The highest BCUT2D eigenvalue weighted by atomic mass is 32.2. The smallest absolute Gasteiger partial charge is 0.443 e. The summed E-state index contributed by atoms with van der Waals surface area (Å²) in [5, 5.41) is 13.4. The monoisotopic (exact) mass is 547 g/mol. The fourth-order valence-corrected chi connectivity index (χ4v) is 5.99. The normalized spacial score (nSPS) is 22.4. The molecule has 0 bridgehead atoms. The third-order valence-corrected chi connectivity index (χ3v) is 8.98. The van der Waals surface area contributed by atoms with Crippen LogP contribution in [0.15, 0.2) is 0 Å². The zero-order valence-corrected chi connectivity index (χ0v) is 24.5. The first-order chi connectivity index (χ1) is 16.8. The number of ether oxygens (including phenoxy) is 1. The van der Waals surface area contributed by atoms with Gasteiger partial charge in [0.05, 0.1) is 23.3 Å². The van der Waals surface area contributed by atoms with Crippen LogP contribution in [-0.4, -0.2) is 79.0 Å². The lowest BCUT2D eigenvalue weighted by Crippen LogP contribution is -2.59. The topological polar surface area (TPSA) is 143 Å². The Balaban J connectivity index is 1.97. The van der Waals surface area contributed by atoms with E-state index in [1.165, 1.54) is 11.2 Å². The molecule has 2 saturated heterocycles. The van der Waals surface area contributed by atoms with Crippen LogP contribution in [0.1, 0.15) is 87.5 Å². The highest BCUT2D eigenvalue weighted by Gasteiger charge is 2.50. The van der Waals surface area contributed by atoms with Crippen molar-refractivity contribution in [3.8, 4) is 0 Å². The van der Waals surface area contributed by atoms with Gasteiger partial charge in [0.15, 0.2) is 0 Å². The average molecular weight is 548 g/mol. The molecule has 0 aromatic heterocycles. The van der Waals surface area contributed by atoms with Gasteiger partial charge >= 0.3 is 23.4 Å². The van der Waals surface area contributed by atoms with E-state index in [0.717, 1.165) is 12.8 Å². The van der Waals surface area contributed by atoms with E-state index in [-0.39, 0.29) is 38.6 Å². The number of hydrogen-bond acceptors (Lipinski definition) is 8. The summed E-state index contributed by atoms with van der Waals surface area (Å²) < 4.78 is 45.7. The van der Waals surface area contributed by atoms with Crippen LogP contribution in [0.2, 0.25) is 6.32 Å². The Morgan fingerprint density at radius 2 is 1.62 bits per heavy atom. The Morgan fingerprint density at radius 1 is 1.08 bits per heavy atom. The van der Waals surface area contributed by atoms with Gasteiger partial charge < -0.3 is 24.5 Å². The molecule has 0 aromatic carbocycles. The van der Waals surface area contributed by atoms with Crippen molar-refractivity contribution < 1.29 is 37.2 Å². The van der Waals surface area contributed by atoms with Crippen molar-refractivity contribution in [3.05, 3.63) is 0 Å². The molecule has 37 heavy (non-hydrogen) atoms. The third kappa shape index (κ3) is 8.54. The Hall–Kier alpha value is -1.41. The molecule has 11 nitrogen and oxygen atoms in total. The largest absolute Gasteiger partial charge is 0.457 e. The van der Waals surface area contributed by atoms with E-state index in [9.17, 15) is 23.1 Å². The minimum Gasteiger partial charge on any atom is -0.443 e. The van der Waals surface area contributed by atoms with E-state index in [1.54, 1.807) is 20.8 Å². The molecular formula is C24H46BN3O8S. The molecule has 0 aromatic rings. The van der Waals surface area contributed by atoms with E-state index in [2.05, 4.69) is 5.32 Å². The molecule has 3 N–H and O–H groups in total. The molecule has 2 aliphatic heterocycles. The summed E-state index contributed by atoms with van der Waals surface area (Å²) >= 11 is 0. The quantitative estimate of drug-likeness (QED) is 0.280. The van der Waals surface area contributed by atoms with Crippen molar-refractivity contribution in [2.75, 3.05) is 19.7 Å². The lowest BCUT2D eigenvalue weighted by atomic mass is 9.74. The lowest BCUT2D eigenvalue weighted by molar-refractivity contribution is -0.123. The van der Waals surface area contributed by atoms with Gasteiger partial charge in [-0.15, -0.1) is 0 Å². The fourth-order valence-electron chi connectivity index (χ4n) is 4.92. The number of hydrogen-bond donors (Lipinski definition) is 3. The van der Waals surface area contributed by atoms with Gasteiger partial charge in [-0.3, -0.25) is 4.79 Å². The summed E-state index contributed by atoms with van der Waals surface area (Å²) in [6.07, 6.45) is 2.56. The first-order valence-corrected chi connectivity index (χ1v) is 14.5. The first-order valence-electron chi connectivity index (χ1n) is 13.1. The van der Waals surface area contributed by atoms with Crippen LogP contribution in [0.4, 0.5) is 4.79 Å². The van der Waals surface area contributed by atoms with Crippen molar-refractivity contribution in [3.63, 3.8) is 0 Å². The van der Waals surface area contributed by atoms with Crippen molar-refractivity contribution >= 4 is 29.3 Å². The van der Waals surface area contributed by atoms with Crippen LogP contribution >= 0.6 is 0 Å². The van der Waals surface area contributed by atoms with Crippen molar-refractivity contribution in [2.24, 2.45) is 5.92 Å². The minimum absolute atomic E-state index is 0.133. The van der Waals surface area contributed by atoms with E-state index < -0.39 is 38.6 Å². The first kappa shape index (κ1) is 31.8. The van der Waals surface area contributed by atoms with Crippen molar-refractivity contribution in [2.45, 2.75) is 116 Å². The molecule has 2 aliphatic rings. The number of unbranched alkanes of at least 4 members (excludes halogenated alkanes) is 1. The van der Waals surface area contributed by atoms with Crippen LogP contribution in [-0.2, 0) is 29.0 Å². The SMILES string of the molecule is CC(=O)NC(CO)(CCCCB1OC(C)(C)C(C)(C)O1)C1CCN(S(=O)(=O)NC(=O)OC(C)(C)C)CC1. The van der Waals surface area contributed by atoms with Crippen LogP contribution in [0.5, 0.6) is 0 Å². The number of nitrogens with zero attached hydrogens (tertiary/aromatic N) is 1. The van der Waals surface area contributed by atoms with Gasteiger partial charge in [0.1, 0.15) is 5.60 Å². The number of aliphatic hydroxyl groups is 1. The molecular weight excluding hydrogens is 501 g/mol. The summed E-state index contributed by atoms with van der Waals surface area (Å²) in [5.41, 5.74) is -2.48. The number of aliphatic hydroxyl groups excluding tert-OH is 1. The zero-order valence-electron chi connectivity index (χ0n) is 23.7. The second kappa shape index (κ2) is 11.8. The number of carbonyl (C=O) groups excluding carboxylic acids is 2. The van der Waals surface area contributed by atoms with Crippen molar-refractivity contribution in [1.82, 2.24) is 14.3 Å². The molecule has 2 amide bonds. The van der Waals surface area contributed by atoms with Crippen LogP contribution in [0.3, 0.4) is 0 Å². The van der Waals surface area contributed by atoms with E-state index >= 15 is 0 Å². The highest BCUT2D eigenvalue weighted by molar-refractivity contribution is 7.87. The Morgan fingerprint density at radius 3 is 2.08 bits per heavy atom. The molecule has 0 aliphatic carbocycles. The highest BCUT2D eigenvalue weighted by Crippen LogP contribution is 2.39. The molecule has 1 atom stereocenters. The number of piperidine rings is 1. The molecule has 0 radical (unpaired) electrons. The van der Waals surface area contributed by atoms with E-state index in [4.69, 9.17) is 14.0 Å². The van der Waals surface area contributed by atoms with Gasteiger partial charge in [-0.1, -0.05) is 12.8 Å². The molecule has 2 heterocycles. The summed E-state index contributed by atoms with van der Waals surface area (Å²) in [7, 11) is -4.38. The zero-order chi connectivity index (χ0) is 28.3. The molecule has 1 unspecified atom stereocenters. The van der Waals surface area contributed by atoms with Crippen LogP contribution < -0.4 is 10.0 Å². The third-order valence-electron chi connectivity index (χ3n) is 7.51. The predicted octanol–water partition coefficient (Wildman–Crippen LogP) is 2.60. The van der Waals surface area contributed by atoms with Gasteiger partial charge in [0, 0.05) is 20.0 Å². The Bertz CT molecular complexity index is 897. The lowest BCUT2D eigenvalue weighted by Gasteiger charge is -2.44. The Labute approximate surface area is 222 Å². The number of carbonyl (C=O) groups is 2. The molecule has 13 heteroatoms. The maximum absolute atomic E-state index is 12.7. The number of nitrogens with one attached hydrogen (secondary N) is 2. The second-order valence-corrected chi connectivity index (χ2v) is 13.9. The summed E-state index contributed by atoms with van der Waals surface area (Å²) in [4.78, 5) is 24.1. The van der Waals surface area contributed by atoms with Gasteiger partial charge in [-0.2, -0.15) is 12.7 Å². The van der Waals surface area contributed by atoms with Crippen molar-refractivity contribution in [1.29, 1.82) is 0 Å². The molecule has 214 valence electrons. The van der Waals surface area contributed by atoms with E-state index in [1.807, 2.05) is 32.4 Å². The Kier molecular flexibility index (Phi) is 10.1. The summed E-state index contributed by atoms with van der Waals surface area (Å²) in [6.45, 7) is 14.5. The standard InChI is InChI=1S/C24H46BN3O8S/c1-18(30)26-24(17-29,13-9-10-14-25-35-22(5,6)23(7,8)36-25)19-11-15-28(16-12-19)37(32,33)27-20(31)34-21(2,3)4/h19,29H,9-17H2,1-8H3,(H,26,30)(H,27,31). The fraction of sp³-hybridized carbons (Fsp3) is 0.917. The summed E-state index contributed by atoms with van der Waals surface area (Å²) in [6, 6.07) is 0. The van der Waals surface area contributed by atoms with E-state index in [0.29, 0.717) is 25.6 Å². The molecule has 2 fully saturated rings. The van der Waals surface area contributed by atoms with Crippen LogP contribution in [0.25, 0.3) is 0 Å². The second-order valence-electron chi connectivity index (χ2n) is 12.2. The van der Waals surface area contributed by atoms with Gasteiger partial charge in [-0.25, -0.2) is 9.52 Å². The molecule has 0 spiro atoms. The van der Waals surface area contributed by atoms with Gasteiger partial charge in [-0.05, 0) is 80.0 Å². The average Bonchev–Trinajstić information content (AvgIpc) is 2.94. The van der Waals surface area contributed by atoms with Crippen LogP contribution in [0, 0.1) is 5.92 Å². The minimum atomic E-state index is -4.07. The van der Waals surface area contributed by atoms with Gasteiger partial charge in [0.25, 0.3) is 0 Å². The van der Waals surface area contributed by atoms with Gasteiger partial charge in [0.2, 0.25) is 5.91 Å². The molecule has 2 rings (SSSR count). The summed E-state index contributed by atoms with van der Waals surface area (Å²) in [5.74, 6) is -0.382. The molecule has 0 saturated carbocycles. The maximum Gasteiger partial charge on any atom is 0.457 e.